The minimum Gasteiger partial charge on any atom is -0.483 e. The lowest BCUT2D eigenvalue weighted by atomic mass is 9.87. The van der Waals surface area contributed by atoms with Gasteiger partial charge in [-0.15, -0.1) is 0 Å². The molecule has 1 fully saturated rings. The van der Waals surface area contributed by atoms with Crippen LogP contribution in [0.1, 0.15) is 68.8 Å². The van der Waals surface area contributed by atoms with Crippen molar-refractivity contribution in [2.24, 2.45) is 0 Å². The van der Waals surface area contributed by atoms with Crippen LogP contribution in [0.2, 0.25) is 0 Å². The number of hydrogen-bond donors (Lipinski definition) is 1. The Labute approximate surface area is 199 Å². The average molecular weight is 501 g/mol. The van der Waals surface area contributed by atoms with Crippen molar-refractivity contribution in [2.75, 3.05) is 19.0 Å². The van der Waals surface area contributed by atoms with Crippen molar-refractivity contribution in [1.29, 1.82) is 0 Å². The van der Waals surface area contributed by atoms with Crippen LogP contribution in [0.15, 0.2) is 46.9 Å². The van der Waals surface area contributed by atoms with Gasteiger partial charge in [-0.3, -0.25) is 9.59 Å². The maximum Gasteiger partial charge on any atom is 0.262 e. The number of amides is 2. The standard InChI is InChI=1S/C26H33BrN2O3/c1-26(2,3)18-14-15-23(21(27)16-18)32-17-24(30)28-22-13-9-8-12-20(22)25(31)29(4)19-10-6-5-7-11-19/h8-9,12-16,19H,5-7,10-11,17H2,1-4H3,(H,28,30). The van der Waals surface area contributed by atoms with Gasteiger partial charge in [-0.25, -0.2) is 0 Å². The van der Waals surface area contributed by atoms with Crippen LogP contribution in [0.5, 0.6) is 5.75 Å². The van der Waals surface area contributed by atoms with Gasteiger partial charge in [0, 0.05) is 13.1 Å². The molecule has 0 atom stereocenters. The summed E-state index contributed by atoms with van der Waals surface area (Å²) in [4.78, 5) is 27.5. The number of hydrogen-bond acceptors (Lipinski definition) is 3. The highest BCUT2D eigenvalue weighted by Crippen LogP contribution is 2.31. The zero-order chi connectivity index (χ0) is 23.3. The summed E-state index contributed by atoms with van der Waals surface area (Å²) in [5.74, 6) is 0.237. The summed E-state index contributed by atoms with van der Waals surface area (Å²) in [5, 5.41) is 2.85. The van der Waals surface area contributed by atoms with Crippen molar-refractivity contribution in [1.82, 2.24) is 4.90 Å². The van der Waals surface area contributed by atoms with Gasteiger partial charge in [-0.05, 0) is 64.0 Å². The molecule has 0 radical (unpaired) electrons. The molecule has 2 amide bonds. The number of carbonyl (C=O) groups is 2. The minimum atomic E-state index is -0.308. The first kappa shape index (κ1) is 24.3. The van der Waals surface area contributed by atoms with Gasteiger partial charge in [0.2, 0.25) is 0 Å². The second kappa shape index (κ2) is 10.5. The van der Waals surface area contributed by atoms with Gasteiger partial charge >= 0.3 is 0 Å². The van der Waals surface area contributed by atoms with E-state index in [0.29, 0.717) is 17.0 Å². The van der Waals surface area contributed by atoms with Crippen LogP contribution < -0.4 is 10.1 Å². The van der Waals surface area contributed by atoms with Gasteiger partial charge in [-0.2, -0.15) is 0 Å². The van der Waals surface area contributed by atoms with Gasteiger partial charge in [0.25, 0.3) is 11.8 Å². The number of para-hydroxylation sites is 1. The lowest BCUT2D eigenvalue weighted by Gasteiger charge is -2.31. The molecule has 1 saturated carbocycles. The third-order valence-electron chi connectivity index (χ3n) is 6.03. The number of rotatable bonds is 6. The number of ether oxygens (including phenoxy) is 1. The highest BCUT2D eigenvalue weighted by molar-refractivity contribution is 9.10. The highest BCUT2D eigenvalue weighted by atomic mass is 79.9. The maximum atomic E-state index is 13.1. The Balaban J connectivity index is 1.64. The normalized spacial score (nSPS) is 14.7. The lowest BCUT2D eigenvalue weighted by molar-refractivity contribution is -0.118. The van der Waals surface area contributed by atoms with Crippen LogP contribution in [0.4, 0.5) is 5.69 Å². The lowest BCUT2D eigenvalue weighted by Crippen LogP contribution is -2.38. The first-order chi connectivity index (χ1) is 15.2. The summed E-state index contributed by atoms with van der Waals surface area (Å²) in [7, 11) is 1.86. The molecule has 0 aromatic heterocycles. The molecule has 2 aromatic rings. The second-order valence-electron chi connectivity index (χ2n) is 9.49. The Morgan fingerprint density at radius 1 is 1.09 bits per heavy atom. The van der Waals surface area contributed by atoms with Crippen molar-refractivity contribution >= 4 is 33.4 Å². The van der Waals surface area contributed by atoms with Crippen molar-refractivity contribution in [3.8, 4) is 5.75 Å². The Hall–Kier alpha value is -2.34. The molecule has 5 nitrogen and oxygen atoms in total. The fraction of sp³-hybridized carbons (Fsp3) is 0.462. The van der Waals surface area contributed by atoms with E-state index >= 15 is 0 Å². The first-order valence-electron chi connectivity index (χ1n) is 11.3. The molecule has 0 bridgehead atoms. The smallest absolute Gasteiger partial charge is 0.262 e. The Kier molecular flexibility index (Phi) is 7.99. The van der Waals surface area contributed by atoms with Gasteiger partial charge in [0.05, 0.1) is 15.7 Å². The quantitative estimate of drug-likeness (QED) is 0.515. The topological polar surface area (TPSA) is 58.6 Å². The molecule has 1 aliphatic rings. The maximum absolute atomic E-state index is 13.1. The van der Waals surface area contributed by atoms with Crippen LogP contribution in [0.25, 0.3) is 0 Å². The van der Waals surface area contributed by atoms with Crippen LogP contribution in [0.3, 0.4) is 0 Å². The van der Waals surface area contributed by atoms with Crippen LogP contribution in [-0.4, -0.2) is 36.4 Å². The van der Waals surface area contributed by atoms with E-state index in [9.17, 15) is 9.59 Å². The van der Waals surface area contributed by atoms with Gasteiger partial charge in [0.1, 0.15) is 5.75 Å². The average Bonchev–Trinajstić information content (AvgIpc) is 2.77. The molecule has 172 valence electrons. The molecule has 0 spiro atoms. The largest absolute Gasteiger partial charge is 0.483 e. The van der Waals surface area contributed by atoms with E-state index in [0.717, 1.165) is 30.2 Å². The summed E-state index contributed by atoms with van der Waals surface area (Å²) >= 11 is 3.53. The number of nitrogens with zero attached hydrogens (tertiary/aromatic N) is 1. The van der Waals surface area contributed by atoms with E-state index in [4.69, 9.17) is 4.74 Å². The number of carbonyl (C=O) groups excluding carboxylic acids is 2. The molecule has 32 heavy (non-hydrogen) atoms. The highest BCUT2D eigenvalue weighted by Gasteiger charge is 2.25. The fourth-order valence-corrected chi connectivity index (χ4v) is 4.51. The first-order valence-corrected chi connectivity index (χ1v) is 12.0. The second-order valence-corrected chi connectivity index (χ2v) is 10.3. The van der Waals surface area contributed by atoms with Crippen LogP contribution >= 0.6 is 15.9 Å². The molecule has 1 N–H and O–H groups in total. The van der Waals surface area contributed by atoms with Crippen LogP contribution in [-0.2, 0) is 10.2 Å². The molecule has 2 aromatic carbocycles. The van der Waals surface area contributed by atoms with Crippen LogP contribution in [0, 0.1) is 0 Å². The Morgan fingerprint density at radius 3 is 2.44 bits per heavy atom. The zero-order valence-corrected chi connectivity index (χ0v) is 21.0. The molecular formula is C26H33BrN2O3. The molecule has 3 rings (SSSR count). The van der Waals surface area contributed by atoms with E-state index in [1.54, 1.807) is 12.1 Å². The van der Waals surface area contributed by atoms with E-state index in [2.05, 4.69) is 42.0 Å². The van der Waals surface area contributed by atoms with Gasteiger partial charge < -0.3 is 15.0 Å². The molecule has 0 saturated heterocycles. The van der Waals surface area contributed by atoms with Gasteiger partial charge in [-0.1, -0.05) is 58.2 Å². The third kappa shape index (κ3) is 6.12. The van der Waals surface area contributed by atoms with E-state index in [1.807, 2.05) is 42.3 Å². The number of benzene rings is 2. The molecular weight excluding hydrogens is 468 g/mol. The number of halogens is 1. The SMILES string of the molecule is CN(C(=O)c1ccccc1NC(=O)COc1ccc(C(C)(C)C)cc1Br)C1CCCCC1. The molecule has 6 heteroatoms. The predicted molar refractivity (Wildman–Crippen MR) is 132 cm³/mol. The predicted octanol–water partition coefficient (Wildman–Crippen LogP) is 6.17. The summed E-state index contributed by atoms with van der Waals surface area (Å²) in [6.45, 7) is 6.29. The number of nitrogens with one attached hydrogen (secondary N) is 1. The van der Waals surface area contributed by atoms with E-state index < -0.39 is 0 Å². The molecule has 0 unspecified atom stereocenters. The Morgan fingerprint density at radius 2 is 1.78 bits per heavy atom. The third-order valence-corrected chi connectivity index (χ3v) is 6.65. The summed E-state index contributed by atoms with van der Waals surface area (Å²) < 4.78 is 6.53. The minimum absolute atomic E-state index is 0.0272. The monoisotopic (exact) mass is 500 g/mol. The summed E-state index contributed by atoms with van der Waals surface area (Å²) in [6, 6.07) is 13.3. The van der Waals surface area contributed by atoms with E-state index in [-0.39, 0.29) is 29.9 Å². The molecule has 0 aliphatic heterocycles. The summed E-state index contributed by atoms with van der Waals surface area (Å²) in [6.07, 6.45) is 5.62. The van der Waals surface area contributed by atoms with Gasteiger partial charge in [0.15, 0.2) is 6.61 Å². The van der Waals surface area contributed by atoms with Crippen molar-refractivity contribution in [2.45, 2.75) is 64.3 Å². The number of anilines is 1. The fourth-order valence-electron chi connectivity index (χ4n) is 4.02. The van der Waals surface area contributed by atoms with Crippen molar-refractivity contribution in [3.63, 3.8) is 0 Å². The Bertz CT molecular complexity index is 962. The van der Waals surface area contributed by atoms with Crippen molar-refractivity contribution in [3.05, 3.63) is 58.1 Å². The van der Waals surface area contributed by atoms with E-state index in [1.165, 1.54) is 12.0 Å². The van der Waals surface area contributed by atoms with Crippen molar-refractivity contribution < 1.29 is 14.3 Å². The molecule has 1 aliphatic carbocycles. The summed E-state index contributed by atoms with van der Waals surface area (Å²) in [5.41, 5.74) is 2.22. The zero-order valence-electron chi connectivity index (χ0n) is 19.4. The molecule has 0 heterocycles.